The fourth-order valence-electron chi connectivity index (χ4n) is 2.85. The molecule has 1 aliphatic rings. The molecular weight excluding hydrogens is 412 g/mol. The molecule has 0 aromatic heterocycles. The van der Waals surface area contributed by atoms with Gasteiger partial charge in [-0.3, -0.25) is 9.69 Å². The van der Waals surface area contributed by atoms with E-state index in [1.807, 2.05) is 19.2 Å². The van der Waals surface area contributed by atoms with Crippen LogP contribution in [0.5, 0.6) is 0 Å². The highest BCUT2D eigenvalue weighted by Gasteiger charge is 2.24. The van der Waals surface area contributed by atoms with Crippen molar-refractivity contribution < 1.29 is 4.79 Å². The molecule has 1 saturated heterocycles. The van der Waals surface area contributed by atoms with E-state index in [0.717, 1.165) is 11.1 Å². The number of hydrogen-bond donors (Lipinski definition) is 0. The van der Waals surface area contributed by atoms with Gasteiger partial charge in [0.15, 0.2) is 5.78 Å². The van der Waals surface area contributed by atoms with Crippen molar-refractivity contribution in [3.63, 3.8) is 0 Å². The van der Waals surface area contributed by atoms with E-state index < -0.39 is 0 Å². The van der Waals surface area contributed by atoms with Gasteiger partial charge in [-0.1, -0.05) is 70.7 Å². The van der Waals surface area contributed by atoms with Gasteiger partial charge in [0, 0.05) is 24.2 Å². The number of benzene rings is 2. The maximum atomic E-state index is 13.0. The highest BCUT2D eigenvalue weighted by atomic mass is 35.5. The Morgan fingerprint density at radius 3 is 1.65 bits per heavy atom. The van der Waals surface area contributed by atoms with Crippen LogP contribution in [0.1, 0.15) is 11.1 Å². The Bertz CT molecular complexity index is 860. The number of ketones is 1. The third kappa shape index (κ3) is 4.16. The largest absolute Gasteiger partial charge is 0.298 e. The van der Waals surface area contributed by atoms with Crippen LogP contribution in [0, 0.1) is 0 Å². The number of piperidine rings is 1. The van der Waals surface area contributed by atoms with Gasteiger partial charge in [-0.15, -0.1) is 0 Å². The van der Waals surface area contributed by atoms with E-state index in [1.165, 1.54) is 0 Å². The fourth-order valence-corrected chi connectivity index (χ4v) is 3.57. The van der Waals surface area contributed by atoms with E-state index in [2.05, 4.69) is 4.90 Å². The van der Waals surface area contributed by atoms with Crippen LogP contribution in [0.2, 0.25) is 20.1 Å². The molecule has 2 aromatic carbocycles. The predicted octanol–water partition coefficient (Wildman–Crippen LogP) is 6.28. The molecule has 0 N–H and O–H groups in total. The quantitative estimate of drug-likeness (QED) is 0.526. The molecule has 0 bridgehead atoms. The van der Waals surface area contributed by atoms with E-state index in [-0.39, 0.29) is 5.78 Å². The highest BCUT2D eigenvalue weighted by Crippen LogP contribution is 2.31. The maximum Gasteiger partial charge on any atom is 0.187 e. The second-order valence-corrected chi connectivity index (χ2v) is 7.70. The summed E-state index contributed by atoms with van der Waals surface area (Å²) in [5, 5.41) is 1.79. The Morgan fingerprint density at radius 1 is 0.808 bits per heavy atom. The van der Waals surface area contributed by atoms with Crippen LogP contribution in [-0.4, -0.2) is 30.8 Å². The first-order valence-corrected chi connectivity index (χ1v) is 9.40. The SMILES string of the molecule is CN1C/C(=C\c2cccc(Cl)c2Cl)C(=O)/C(=C/c2cccc(Cl)c2Cl)C1. The Kier molecular flexibility index (Phi) is 6.11. The lowest BCUT2D eigenvalue weighted by atomic mass is 9.94. The number of halogens is 4. The zero-order valence-electron chi connectivity index (χ0n) is 13.9. The number of Topliss-reactive ketones (excluding diaryl/α,β-unsaturated/α-hetero) is 1. The number of nitrogens with zero attached hydrogens (tertiary/aromatic N) is 1. The average Bonchev–Trinajstić information content (AvgIpc) is 2.60. The lowest BCUT2D eigenvalue weighted by molar-refractivity contribution is -0.113. The Hall–Kier alpha value is -1.29. The lowest BCUT2D eigenvalue weighted by Crippen LogP contribution is -2.34. The van der Waals surface area contributed by atoms with Gasteiger partial charge >= 0.3 is 0 Å². The minimum atomic E-state index is -0.0322. The van der Waals surface area contributed by atoms with Gasteiger partial charge in [0.1, 0.15) is 0 Å². The lowest BCUT2D eigenvalue weighted by Gasteiger charge is -2.26. The molecule has 0 unspecified atom stereocenters. The van der Waals surface area contributed by atoms with Crippen molar-refractivity contribution in [2.24, 2.45) is 0 Å². The minimum absolute atomic E-state index is 0.0322. The van der Waals surface area contributed by atoms with Crippen molar-refractivity contribution in [1.29, 1.82) is 0 Å². The first kappa shape index (κ1) is 19.5. The van der Waals surface area contributed by atoms with Crippen LogP contribution in [0.4, 0.5) is 0 Å². The van der Waals surface area contributed by atoms with E-state index in [9.17, 15) is 4.79 Å². The van der Waals surface area contributed by atoms with Gasteiger partial charge in [-0.2, -0.15) is 0 Å². The van der Waals surface area contributed by atoms with E-state index in [0.29, 0.717) is 44.3 Å². The summed E-state index contributed by atoms with van der Waals surface area (Å²) in [6, 6.07) is 10.7. The van der Waals surface area contributed by atoms with Crippen LogP contribution < -0.4 is 0 Å². The Labute approximate surface area is 172 Å². The average molecular weight is 427 g/mol. The summed E-state index contributed by atoms with van der Waals surface area (Å²) in [6.07, 6.45) is 3.58. The third-order valence-electron chi connectivity index (χ3n) is 4.09. The molecule has 0 saturated carbocycles. The van der Waals surface area contributed by atoms with Crippen LogP contribution in [0.25, 0.3) is 12.2 Å². The number of carbonyl (C=O) groups excluding carboxylic acids is 1. The maximum absolute atomic E-state index is 13.0. The Morgan fingerprint density at radius 2 is 1.23 bits per heavy atom. The summed E-state index contributed by atoms with van der Waals surface area (Å²) in [6.45, 7) is 1.06. The predicted molar refractivity (Wildman–Crippen MR) is 111 cm³/mol. The number of likely N-dealkylation sites (tertiary alicyclic amines) is 1. The van der Waals surface area contributed by atoms with Crippen LogP contribution in [0.15, 0.2) is 47.5 Å². The fraction of sp³-hybridized carbons (Fsp3) is 0.150. The third-order valence-corrected chi connectivity index (χ3v) is 5.75. The summed E-state index contributed by atoms with van der Waals surface area (Å²) in [7, 11) is 1.95. The van der Waals surface area contributed by atoms with Gasteiger partial charge < -0.3 is 0 Å². The van der Waals surface area contributed by atoms with Gasteiger partial charge in [0.05, 0.1) is 20.1 Å². The molecule has 1 fully saturated rings. The summed E-state index contributed by atoms with van der Waals surface area (Å²) < 4.78 is 0. The first-order chi connectivity index (χ1) is 12.4. The Balaban J connectivity index is 2.01. The molecule has 3 rings (SSSR count). The minimum Gasteiger partial charge on any atom is -0.298 e. The molecule has 2 nitrogen and oxygen atoms in total. The van der Waals surface area contributed by atoms with Gasteiger partial charge in [0.2, 0.25) is 0 Å². The van der Waals surface area contributed by atoms with Crippen molar-refractivity contribution in [2.75, 3.05) is 20.1 Å². The topological polar surface area (TPSA) is 20.3 Å². The summed E-state index contributed by atoms with van der Waals surface area (Å²) in [4.78, 5) is 15.0. The number of likely N-dealkylation sites (N-methyl/N-ethyl adjacent to an activating group) is 1. The second-order valence-electron chi connectivity index (χ2n) is 6.13. The first-order valence-electron chi connectivity index (χ1n) is 7.89. The highest BCUT2D eigenvalue weighted by molar-refractivity contribution is 6.43. The van der Waals surface area contributed by atoms with Crippen molar-refractivity contribution in [2.45, 2.75) is 0 Å². The van der Waals surface area contributed by atoms with E-state index in [1.54, 1.807) is 36.4 Å². The normalized spacial score (nSPS) is 18.7. The molecule has 0 atom stereocenters. The van der Waals surface area contributed by atoms with Crippen LogP contribution in [0.3, 0.4) is 0 Å². The summed E-state index contributed by atoms with van der Waals surface area (Å²) in [5.41, 5.74) is 2.73. The smallest absolute Gasteiger partial charge is 0.187 e. The molecule has 0 aliphatic carbocycles. The molecule has 1 aliphatic heterocycles. The molecule has 6 heteroatoms. The molecular formula is C20H15Cl4NO. The molecule has 1 heterocycles. The number of hydrogen-bond acceptors (Lipinski definition) is 2. The monoisotopic (exact) mass is 425 g/mol. The standard InChI is InChI=1S/C20H15Cl4NO/c1-25-10-14(8-12-4-2-6-16(21)18(12)23)20(26)15(11-25)9-13-5-3-7-17(22)19(13)24/h2-9H,10-11H2,1H3/b14-8+,15-9+. The van der Waals surface area contributed by atoms with E-state index >= 15 is 0 Å². The van der Waals surface area contributed by atoms with Gasteiger partial charge in [-0.05, 0) is 42.5 Å². The van der Waals surface area contributed by atoms with Crippen LogP contribution >= 0.6 is 46.4 Å². The van der Waals surface area contributed by atoms with Crippen molar-refractivity contribution >= 4 is 64.3 Å². The van der Waals surface area contributed by atoms with Crippen LogP contribution in [-0.2, 0) is 4.79 Å². The van der Waals surface area contributed by atoms with Gasteiger partial charge in [0.25, 0.3) is 0 Å². The molecule has 26 heavy (non-hydrogen) atoms. The van der Waals surface area contributed by atoms with Crippen molar-refractivity contribution in [3.8, 4) is 0 Å². The zero-order chi connectivity index (χ0) is 18.8. The van der Waals surface area contributed by atoms with Crippen molar-refractivity contribution in [1.82, 2.24) is 4.90 Å². The van der Waals surface area contributed by atoms with E-state index in [4.69, 9.17) is 46.4 Å². The number of carbonyl (C=O) groups is 1. The number of rotatable bonds is 2. The summed E-state index contributed by atoms with van der Waals surface area (Å²) in [5.74, 6) is -0.0322. The molecule has 0 radical (unpaired) electrons. The molecule has 0 amide bonds. The van der Waals surface area contributed by atoms with Gasteiger partial charge in [-0.25, -0.2) is 0 Å². The second kappa shape index (κ2) is 8.16. The summed E-state index contributed by atoms with van der Waals surface area (Å²) >= 11 is 24.6. The molecule has 134 valence electrons. The zero-order valence-corrected chi connectivity index (χ0v) is 16.9. The van der Waals surface area contributed by atoms with Crippen molar-refractivity contribution in [3.05, 3.63) is 78.8 Å². The molecule has 0 spiro atoms. The molecule has 2 aromatic rings.